The number of aryl methyl sites for hydroxylation is 1. The van der Waals surface area contributed by atoms with E-state index < -0.39 is 0 Å². The molecule has 1 N–H and O–H groups in total. The molecule has 1 aromatic heterocycles. The van der Waals surface area contributed by atoms with Gasteiger partial charge in [-0.05, 0) is 37.6 Å². The minimum absolute atomic E-state index is 0.479. The van der Waals surface area contributed by atoms with Gasteiger partial charge in [0.1, 0.15) is 0 Å². The summed E-state index contributed by atoms with van der Waals surface area (Å²) in [5.41, 5.74) is 1.88. The second-order valence-electron chi connectivity index (χ2n) is 6.11. The van der Waals surface area contributed by atoms with Crippen LogP contribution in [0.15, 0.2) is 0 Å². The number of hydrogen-bond donors (Lipinski definition) is 1. The summed E-state index contributed by atoms with van der Waals surface area (Å²) in [5, 5.41) is 4.53. The molecule has 0 fully saturated rings. The van der Waals surface area contributed by atoms with Gasteiger partial charge in [0, 0.05) is 17.8 Å². The van der Waals surface area contributed by atoms with Crippen molar-refractivity contribution in [3.05, 3.63) is 15.6 Å². The average molecular weight is 266 g/mol. The van der Waals surface area contributed by atoms with Crippen molar-refractivity contribution in [1.29, 1.82) is 0 Å². The van der Waals surface area contributed by atoms with Crippen LogP contribution in [0.3, 0.4) is 0 Å². The summed E-state index contributed by atoms with van der Waals surface area (Å²) in [4.78, 5) is 6.38. The predicted molar refractivity (Wildman–Crippen MR) is 79.3 cm³/mol. The highest BCUT2D eigenvalue weighted by atomic mass is 32.1. The van der Waals surface area contributed by atoms with Gasteiger partial charge in [-0.2, -0.15) is 0 Å². The van der Waals surface area contributed by atoms with Gasteiger partial charge >= 0.3 is 0 Å². The van der Waals surface area contributed by atoms with Gasteiger partial charge in [0.15, 0.2) is 0 Å². The Hall–Kier alpha value is -0.410. The lowest BCUT2D eigenvalue weighted by atomic mass is 9.70. The van der Waals surface area contributed by atoms with Gasteiger partial charge in [-0.3, -0.25) is 0 Å². The van der Waals surface area contributed by atoms with Crippen molar-refractivity contribution in [3.63, 3.8) is 0 Å². The molecule has 3 heteroatoms. The number of fused-ring (bicyclic) bond motifs is 1. The minimum atomic E-state index is 0.479. The van der Waals surface area contributed by atoms with E-state index in [0.717, 1.165) is 18.9 Å². The summed E-state index contributed by atoms with van der Waals surface area (Å²) in [5.74, 6) is 0.840. The van der Waals surface area contributed by atoms with E-state index in [0.29, 0.717) is 5.41 Å². The highest BCUT2D eigenvalue weighted by molar-refractivity contribution is 7.11. The lowest BCUT2D eigenvalue weighted by Gasteiger charge is -2.35. The first-order chi connectivity index (χ1) is 8.56. The third-order valence-corrected chi connectivity index (χ3v) is 5.77. The summed E-state index contributed by atoms with van der Waals surface area (Å²) >= 11 is 1.95. The van der Waals surface area contributed by atoms with Crippen molar-refractivity contribution in [1.82, 2.24) is 10.3 Å². The van der Waals surface area contributed by atoms with E-state index in [9.17, 15) is 0 Å². The molecule has 1 unspecified atom stereocenters. The maximum absolute atomic E-state index is 4.81. The molecule has 1 heterocycles. The van der Waals surface area contributed by atoms with Crippen molar-refractivity contribution < 1.29 is 0 Å². The molecule has 1 aliphatic rings. The molecular weight excluding hydrogens is 240 g/mol. The first-order valence-electron chi connectivity index (χ1n) is 7.19. The molecule has 0 saturated carbocycles. The monoisotopic (exact) mass is 266 g/mol. The highest BCUT2D eigenvalue weighted by Crippen LogP contribution is 2.41. The van der Waals surface area contributed by atoms with Crippen molar-refractivity contribution >= 4 is 11.3 Å². The number of nitrogens with zero attached hydrogens (tertiary/aromatic N) is 1. The Kier molecular flexibility index (Phi) is 4.44. The molecule has 0 aromatic carbocycles. The van der Waals surface area contributed by atoms with Crippen molar-refractivity contribution in [2.75, 3.05) is 13.6 Å². The van der Waals surface area contributed by atoms with Crippen LogP contribution in [-0.2, 0) is 19.3 Å². The average Bonchev–Trinajstić information content (AvgIpc) is 2.77. The molecule has 0 saturated heterocycles. The second-order valence-corrected chi connectivity index (χ2v) is 7.28. The summed E-state index contributed by atoms with van der Waals surface area (Å²) in [7, 11) is 2.01. The Balaban J connectivity index is 2.07. The SMILES string of the molecule is CCC(C)(C)C1CCc2nc(CCNC)sc2C1. The van der Waals surface area contributed by atoms with Crippen LogP contribution in [0.25, 0.3) is 0 Å². The number of aromatic nitrogens is 1. The standard InChI is InChI=1S/C15H26N2S/c1-5-15(2,3)11-6-7-12-13(10-11)18-14(17-12)8-9-16-4/h11,16H,5-10H2,1-4H3. The van der Waals surface area contributed by atoms with E-state index in [2.05, 4.69) is 26.1 Å². The number of likely N-dealkylation sites (N-methyl/N-ethyl adjacent to an activating group) is 1. The fourth-order valence-electron chi connectivity index (χ4n) is 2.72. The molecule has 1 atom stereocenters. The van der Waals surface area contributed by atoms with Crippen LogP contribution >= 0.6 is 11.3 Å². The normalized spacial score (nSPS) is 19.9. The number of rotatable bonds is 5. The van der Waals surface area contributed by atoms with Crippen LogP contribution in [0, 0.1) is 11.3 Å². The third-order valence-electron chi connectivity index (χ3n) is 4.59. The Morgan fingerprint density at radius 2 is 2.22 bits per heavy atom. The number of thiazole rings is 1. The van der Waals surface area contributed by atoms with Crippen LogP contribution in [0.2, 0.25) is 0 Å². The van der Waals surface area contributed by atoms with E-state index in [1.54, 1.807) is 4.88 Å². The molecule has 18 heavy (non-hydrogen) atoms. The Bertz CT molecular complexity index is 395. The summed E-state index contributed by atoms with van der Waals surface area (Å²) in [6.45, 7) is 8.20. The summed E-state index contributed by atoms with van der Waals surface area (Å²) in [6.07, 6.45) is 6.13. The Morgan fingerprint density at radius 1 is 1.44 bits per heavy atom. The van der Waals surface area contributed by atoms with Gasteiger partial charge in [-0.1, -0.05) is 27.2 Å². The van der Waals surface area contributed by atoms with Gasteiger partial charge in [0.05, 0.1) is 10.7 Å². The third kappa shape index (κ3) is 2.94. The minimum Gasteiger partial charge on any atom is -0.319 e. The van der Waals surface area contributed by atoms with Crippen LogP contribution < -0.4 is 5.32 Å². The smallest absolute Gasteiger partial charge is 0.0943 e. The quantitative estimate of drug-likeness (QED) is 0.883. The zero-order chi connectivity index (χ0) is 13.2. The summed E-state index contributed by atoms with van der Waals surface area (Å²) in [6, 6.07) is 0. The maximum atomic E-state index is 4.81. The molecule has 2 nitrogen and oxygen atoms in total. The summed E-state index contributed by atoms with van der Waals surface area (Å²) < 4.78 is 0. The van der Waals surface area contributed by atoms with Gasteiger partial charge < -0.3 is 5.32 Å². The lowest BCUT2D eigenvalue weighted by Crippen LogP contribution is -2.28. The van der Waals surface area contributed by atoms with Gasteiger partial charge in [-0.15, -0.1) is 11.3 Å². The van der Waals surface area contributed by atoms with Gasteiger partial charge in [0.25, 0.3) is 0 Å². The van der Waals surface area contributed by atoms with E-state index in [-0.39, 0.29) is 0 Å². The number of nitrogens with one attached hydrogen (secondary N) is 1. The van der Waals surface area contributed by atoms with E-state index >= 15 is 0 Å². The first-order valence-corrected chi connectivity index (χ1v) is 8.00. The molecule has 0 aliphatic heterocycles. The Morgan fingerprint density at radius 3 is 2.89 bits per heavy atom. The first kappa shape index (κ1) is 14.0. The zero-order valence-electron chi connectivity index (χ0n) is 12.2. The molecule has 102 valence electrons. The molecule has 0 spiro atoms. The number of hydrogen-bond acceptors (Lipinski definition) is 3. The maximum Gasteiger partial charge on any atom is 0.0943 e. The zero-order valence-corrected chi connectivity index (χ0v) is 13.0. The molecule has 0 bridgehead atoms. The van der Waals surface area contributed by atoms with Crippen LogP contribution in [0.5, 0.6) is 0 Å². The fraction of sp³-hybridized carbons (Fsp3) is 0.800. The molecular formula is C15H26N2S. The van der Waals surface area contributed by atoms with Gasteiger partial charge in [-0.25, -0.2) is 4.98 Å². The molecule has 0 radical (unpaired) electrons. The van der Waals surface area contributed by atoms with Crippen LogP contribution in [-0.4, -0.2) is 18.6 Å². The van der Waals surface area contributed by atoms with E-state index in [1.807, 2.05) is 18.4 Å². The molecule has 1 aliphatic carbocycles. The highest BCUT2D eigenvalue weighted by Gasteiger charge is 2.32. The van der Waals surface area contributed by atoms with Crippen LogP contribution in [0.1, 0.15) is 49.2 Å². The fourth-order valence-corrected chi connectivity index (χ4v) is 3.92. The van der Waals surface area contributed by atoms with Gasteiger partial charge in [0.2, 0.25) is 0 Å². The van der Waals surface area contributed by atoms with Crippen molar-refractivity contribution in [3.8, 4) is 0 Å². The molecule has 1 aromatic rings. The largest absolute Gasteiger partial charge is 0.319 e. The molecule has 0 amide bonds. The van der Waals surface area contributed by atoms with E-state index in [1.165, 1.54) is 36.4 Å². The van der Waals surface area contributed by atoms with Crippen molar-refractivity contribution in [2.45, 2.75) is 52.9 Å². The topological polar surface area (TPSA) is 24.9 Å². The molecule has 2 rings (SSSR count). The second kappa shape index (κ2) is 5.70. The van der Waals surface area contributed by atoms with Crippen molar-refractivity contribution in [2.24, 2.45) is 11.3 Å². The predicted octanol–water partition coefficient (Wildman–Crippen LogP) is 3.45. The van der Waals surface area contributed by atoms with E-state index in [4.69, 9.17) is 4.98 Å². The van der Waals surface area contributed by atoms with Crippen LogP contribution in [0.4, 0.5) is 0 Å². The Labute approximate surface area is 115 Å². The lowest BCUT2D eigenvalue weighted by molar-refractivity contribution is 0.183.